The van der Waals surface area contributed by atoms with E-state index in [1.807, 2.05) is 116 Å². The van der Waals surface area contributed by atoms with Crippen molar-refractivity contribution in [3.8, 4) is 29.3 Å². The molecule has 6 aliphatic heterocycles. The maximum atomic E-state index is 12.3. The van der Waals surface area contributed by atoms with Crippen LogP contribution in [-0.4, -0.2) is 239 Å². The number of carbonyl (C=O) groups excluding carboxylic acids is 3. The molecular weight excluding hydrogens is 1360 g/mol. The topological polar surface area (TPSA) is 243 Å². The van der Waals surface area contributed by atoms with Gasteiger partial charge in [-0.2, -0.15) is 19.9 Å². The molecule has 3 aromatic heterocycles. The number of piperazine rings is 3. The summed E-state index contributed by atoms with van der Waals surface area (Å²) in [6.07, 6.45) is 8.15. The van der Waals surface area contributed by atoms with Crippen molar-refractivity contribution in [1.29, 1.82) is 0 Å². The van der Waals surface area contributed by atoms with Crippen molar-refractivity contribution in [2.45, 2.75) is 77.8 Å². The van der Waals surface area contributed by atoms with E-state index in [4.69, 9.17) is 29.4 Å². The van der Waals surface area contributed by atoms with E-state index in [1.54, 1.807) is 24.5 Å². The van der Waals surface area contributed by atoms with Gasteiger partial charge in [-0.3, -0.25) is 14.4 Å². The molecule has 0 aliphatic carbocycles. The third-order valence-corrected chi connectivity index (χ3v) is 21.2. The van der Waals surface area contributed by atoms with Gasteiger partial charge in [0.1, 0.15) is 54.2 Å². The summed E-state index contributed by atoms with van der Waals surface area (Å²) in [6, 6.07) is 36.3. The number of aromatic nitrogens is 6. The molecule has 3 saturated heterocycles. The number of phenolic OH excluding ortho intramolecular Hbond substituents is 3. The van der Waals surface area contributed by atoms with Crippen molar-refractivity contribution in [2.24, 2.45) is 0 Å². The van der Waals surface area contributed by atoms with E-state index in [0.29, 0.717) is 97.2 Å². The Kier molecular flexibility index (Phi) is 23.1. The molecule has 3 amide bonds. The van der Waals surface area contributed by atoms with Gasteiger partial charge in [-0.15, -0.1) is 0 Å². The molecule has 3 N–H and O–H groups in total. The van der Waals surface area contributed by atoms with Gasteiger partial charge < -0.3 is 78.7 Å². The highest BCUT2D eigenvalue weighted by Crippen LogP contribution is 2.42. The van der Waals surface area contributed by atoms with Crippen molar-refractivity contribution in [1.82, 2.24) is 54.4 Å². The fraction of sp³-hybridized carbons (Fsp3) is 0.386. The van der Waals surface area contributed by atoms with E-state index in [1.165, 1.54) is 23.8 Å². The van der Waals surface area contributed by atoms with Crippen molar-refractivity contribution in [3.63, 3.8) is 0 Å². The molecule has 0 bridgehead atoms. The van der Waals surface area contributed by atoms with Gasteiger partial charge in [-0.05, 0) is 121 Å². The van der Waals surface area contributed by atoms with Crippen LogP contribution in [0.3, 0.4) is 0 Å². The summed E-state index contributed by atoms with van der Waals surface area (Å²) in [5, 5.41) is 37.5. The van der Waals surface area contributed by atoms with Crippen LogP contribution >= 0.6 is 0 Å². The average Bonchev–Trinajstić information content (AvgIpc) is 0.773. The minimum atomic E-state index is -0.0384. The Bertz CT molecular complexity index is 4610. The molecule has 0 radical (unpaired) electrons. The summed E-state index contributed by atoms with van der Waals surface area (Å²) in [5.74, 6) is 3.45. The number of rotatable bonds is 17. The average molecular weight is 1460 g/mol. The third kappa shape index (κ3) is 16.6. The van der Waals surface area contributed by atoms with Crippen LogP contribution in [-0.2, 0) is 53.3 Å². The molecule has 6 aromatic carbocycles. The summed E-state index contributed by atoms with van der Waals surface area (Å²) < 4.78 is 12.0. The number of nitrogens with zero attached hydrogens (tertiary/aromatic N) is 17. The Labute approximate surface area is 631 Å². The Hall–Kier alpha value is -11.3. The van der Waals surface area contributed by atoms with Crippen molar-refractivity contribution >= 4 is 84.6 Å². The summed E-state index contributed by atoms with van der Waals surface area (Å²) in [7, 11) is 8.02. The minimum Gasteiger partial charge on any atom is -0.508 e. The molecule has 6 aliphatic rings. The highest BCUT2D eigenvalue weighted by molar-refractivity contribution is 5.98. The number of hydrogen-bond acceptors (Lipinski definition) is 22. The lowest BCUT2D eigenvalue weighted by molar-refractivity contribution is -0.129. The minimum absolute atomic E-state index is 0.0167. The van der Waals surface area contributed by atoms with Gasteiger partial charge in [0.2, 0.25) is 17.7 Å². The van der Waals surface area contributed by atoms with Crippen LogP contribution in [0.4, 0.5) is 34.5 Å². The van der Waals surface area contributed by atoms with E-state index in [0.717, 1.165) is 154 Å². The van der Waals surface area contributed by atoms with E-state index >= 15 is 0 Å². The molecule has 25 heteroatoms. The number of anilines is 6. The number of likely N-dealkylation sites (N-methyl/N-ethyl adjacent to an activating group) is 2. The van der Waals surface area contributed by atoms with Gasteiger partial charge in [0.05, 0.1) is 36.7 Å². The highest BCUT2D eigenvalue weighted by Gasteiger charge is 2.36. The number of fused-ring (bicyclic) bond motifs is 6. The van der Waals surface area contributed by atoms with Crippen LogP contribution in [0.5, 0.6) is 29.3 Å². The van der Waals surface area contributed by atoms with Gasteiger partial charge in [-0.1, -0.05) is 92.5 Å². The number of amides is 3. The normalized spacial score (nSPS) is 17.9. The summed E-state index contributed by atoms with van der Waals surface area (Å²) in [4.78, 5) is 88.6. The monoisotopic (exact) mass is 1460 g/mol. The zero-order chi connectivity index (χ0) is 75.9. The molecule has 3 fully saturated rings. The lowest BCUT2D eigenvalue weighted by Crippen LogP contribution is -2.54. The molecule has 1 unspecified atom stereocenters. The van der Waals surface area contributed by atoms with Gasteiger partial charge in [-0.25, -0.2) is 9.97 Å². The van der Waals surface area contributed by atoms with Crippen LogP contribution in [0.15, 0.2) is 153 Å². The van der Waals surface area contributed by atoms with Gasteiger partial charge in [0.15, 0.2) is 0 Å². The standard InChI is InChI=1S/2C29H36N6O3.C25H27N5O2/c2*1-5-27(37)35-13-12-34(18-20(35)2)28-24-10-11-33(19-25(24)30-29(31-28)38-15-14-32(3)4)26-17-22(36)16-21-8-6-7-9-23(21)26;1-3-24(32)28-8-10-29(11-9-28)25-21-12-17(2)30(15-22(21)26-16-27-25)23-14-19(31)13-18-6-4-5-7-20(18)23/h2*5-9,16-17,20,36H,1,10-15,18-19H2,2-4H3;3-7,13-14,16-17,31H,1,8-12,15H2,2H3/t2*20-;/m10./s1. The van der Waals surface area contributed by atoms with E-state index in [-0.39, 0.29) is 53.1 Å². The summed E-state index contributed by atoms with van der Waals surface area (Å²) in [5.41, 5.74) is 9.34. The van der Waals surface area contributed by atoms with Gasteiger partial charge in [0.25, 0.3) is 0 Å². The highest BCUT2D eigenvalue weighted by atomic mass is 16.5. The predicted molar refractivity (Wildman–Crippen MR) is 426 cm³/mol. The maximum absolute atomic E-state index is 12.3. The number of carbonyl (C=O) groups is 3. The molecule has 564 valence electrons. The van der Waals surface area contributed by atoms with Crippen LogP contribution in [0.25, 0.3) is 32.3 Å². The Morgan fingerprint density at radius 2 is 0.889 bits per heavy atom. The quantitative estimate of drug-likeness (QED) is 0.0719. The zero-order valence-corrected chi connectivity index (χ0v) is 63.1. The van der Waals surface area contributed by atoms with E-state index < -0.39 is 0 Å². The predicted octanol–water partition coefficient (Wildman–Crippen LogP) is 9.24. The molecule has 3 atom stereocenters. The summed E-state index contributed by atoms with van der Waals surface area (Å²) >= 11 is 0. The number of hydrogen-bond donors (Lipinski definition) is 3. The van der Waals surface area contributed by atoms with Crippen LogP contribution in [0.1, 0.15) is 54.5 Å². The van der Waals surface area contributed by atoms with Crippen LogP contribution in [0, 0.1) is 0 Å². The smallest absolute Gasteiger partial charge is 0.318 e. The molecule has 25 nitrogen and oxygen atoms in total. The molecule has 0 saturated carbocycles. The fourth-order valence-electron chi connectivity index (χ4n) is 15.6. The molecule has 9 heterocycles. The SMILES string of the molecule is C=CC(=O)N1CCN(c2nc(OCCN(C)C)nc3c2CCN(c2cc(O)cc4ccccc24)C3)C[C@@H]1C.C=CC(=O)N1CCN(c2nc(OCCN(C)C)nc3c2CCN(c2cc(O)cc4ccccc24)C3)C[C@H]1C.C=CC(=O)N1CCN(c2ncnc3c2CC(C)N(c2cc(O)cc4ccccc24)C3)CC1. The first-order valence-electron chi connectivity index (χ1n) is 37.3. The fourth-order valence-corrected chi connectivity index (χ4v) is 15.6. The second-order valence-corrected chi connectivity index (χ2v) is 29.1. The zero-order valence-electron chi connectivity index (χ0n) is 63.1. The maximum Gasteiger partial charge on any atom is 0.318 e. The number of benzene rings is 6. The second kappa shape index (κ2) is 33.2. The largest absolute Gasteiger partial charge is 0.508 e. The van der Waals surface area contributed by atoms with Crippen molar-refractivity contribution in [2.75, 3.05) is 162 Å². The first kappa shape index (κ1) is 74.9. The van der Waals surface area contributed by atoms with Crippen molar-refractivity contribution < 1.29 is 39.2 Å². The molecule has 108 heavy (non-hydrogen) atoms. The van der Waals surface area contributed by atoms with E-state index in [9.17, 15) is 29.7 Å². The Morgan fingerprint density at radius 1 is 0.463 bits per heavy atom. The molecular formula is C83H99N17O8. The second-order valence-electron chi connectivity index (χ2n) is 29.1. The number of phenols is 3. The van der Waals surface area contributed by atoms with Crippen LogP contribution < -0.4 is 38.9 Å². The first-order chi connectivity index (χ1) is 52.2. The van der Waals surface area contributed by atoms with Gasteiger partial charge in [0, 0.05) is 178 Å². The lowest BCUT2D eigenvalue weighted by atomic mass is 9.96. The Morgan fingerprint density at radius 3 is 1.32 bits per heavy atom. The Balaban J connectivity index is 0.000000143. The molecule has 15 rings (SSSR count). The first-order valence-corrected chi connectivity index (χ1v) is 37.3. The third-order valence-electron chi connectivity index (χ3n) is 21.2. The lowest BCUT2D eigenvalue weighted by Gasteiger charge is -2.41. The number of ether oxygens (including phenoxy) is 2. The van der Waals surface area contributed by atoms with Crippen molar-refractivity contribution in [3.05, 3.63) is 187 Å². The van der Waals surface area contributed by atoms with E-state index in [2.05, 4.69) is 108 Å². The number of aromatic hydroxyl groups is 3. The van der Waals surface area contributed by atoms with Gasteiger partial charge >= 0.3 is 12.0 Å². The summed E-state index contributed by atoms with van der Waals surface area (Å²) in [6.45, 7) is 29.9. The van der Waals surface area contributed by atoms with Crippen LogP contribution in [0.2, 0.25) is 0 Å². The molecule has 0 spiro atoms. The molecule has 9 aromatic rings.